The van der Waals surface area contributed by atoms with Gasteiger partial charge in [-0.05, 0) is 19.4 Å². The van der Waals surface area contributed by atoms with Gasteiger partial charge in [-0.25, -0.2) is 0 Å². The first kappa shape index (κ1) is 13.1. The molecule has 1 aromatic rings. The Morgan fingerprint density at radius 1 is 1.28 bits per heavy atom. The summed E-state index contributed by atoms with van der Waals surface area (Å²) in [5.74, 6) is -0.0248. The second kappa shape index (κ2) is 5.50. The van der Waals surface area contributed by atoms with Crippen LogP contribution in [0, 0.1) is 0 Å². The highest BCUT2D eigenvalue weighted by molar-refractivity contribution is 5.83. The number of nitrogens with two attached hydrogens (primary N) is 1. The van der Waals surface area contributed by atoms with Crippen LogP contribution in [0.2, 0.25) is 0 Å². The summed E-state index contributed by atoms with van der Waals surface area (Å²) in [6.07, 6.45) is 0.140. The van der Waals surface area contributed by atoms with Crippen molar-refractivity contribution in [1.29, 1.82) is 0 Å². The number of hydrogen-bond donors (Lipinski definition) is 1. The van der Waals surface area contributed by atoms with Crippen molar-refractivity contribution in [3.05, 3.63) is 35.9 Å². The number of ether oxygens (including phenoxy) is 1. The second-order valence-corrected chi connectivity index (χ2v) is 4.89. The largest absolute Gasteiger partial charge is 0.372 e. The first-order valence-electron chi connectivity index (χ1n) is 6.32. The number of carbonyl (C=O) groups is 1. The Morgan fingerprint density at radius 3 is 2.39 bits per heavy atom. The Bertz CT molecular complexity index is 398. The van der Waals surface area contributed by atoms with E-state index >= 15 is 0 Å². The lowest BCUT2D eigenvalue weighted by Gasteiger charge is -2.36. The number of amides is 1. The van der Waals surface area contributed by atoms with Crippen LogP contribution in [0.4, 0.5) is 0 Å². The Morgan fingerprint density at radius 2 is 1.83 bits per heavy atom. The minimum Gasteiger partial charge on any atom is -0.372 e. The predicted octanol–water partition coefficient (Wildman–Crippen LogP) is 1.32. The lowest BCUT2D eigenvalue weighted by Crippen LogP contribution is -2.50. The zero-order valence-corrected chi connectivity index (χ0v) is 10.9. The van der Waals surface area contributed by atoms with E-state index in [0.29, 0.717) is 13.1 Å². The van der Waals surface area contributed by atoms with Crippen LogP contribution >= 0.6 is 0 Å². The summed E-state index contributed by atoms with van der Waals surface area (Å²) in [6.45, 7) is 5.18. The molecule has 0 saturated carbocycles. The van der Waals surface area contributed by atoms with Crippen LogP contribution < -0.4 is 5.73 Å². The molecule has 3 atom stereocenters. The molecule has 1 heterocycles. The van der Waals surface area contributed by atoms with E-state index in [4.69, 9.17) is 10.5 Å². The molecule has 0 radical (unpaired) electrons. The molecular weight excluding hydrogens is 228 g/mol. The third kappa shape index (κ3) is 2.89. The maximum atomic E-state index is 12.3. The van der Waals surface area contributed by atoms with E-state index in [1.165, 1.54) is 0 Å². The molecule has 2 N–H and O–H groups in total. The number of benzene rings is 1. The first-order valence-corrected chi connectivity index (χ1v) is 6.32. The fourth-order valence-corrected chi connectivity index (χ4v) is 2.36. The maximum Gasteiger partial charge on any atom is 0.244 e. The Hall–Kier alpha value is -1.39. The zero-order chi connectivity index (χ0) is 13.1. The van der Waals surface area contributed by atoms with Crippen molar-refractivity contribution in [1.82, 2.24) is 4.90 Å². The monoisotopic (exact) mass is 248 g/mol. The predicted molar refractivity (Wildman–Crippen MR) is 70.0 cm³/mol. The highest BCUT2D eigenvalue weighted by Crippen LogP contribution is 2.17. The Kier molecular flexibility index (Phi) is 3.99. The van der Waals surface area contributed by atoms with E-state index in [0.717, 1.165) is 5.56 Å². The second-order valence-electron chi connectivity index (χ2n) is 4.89. The third-order valence-electron chi connectivity index (χ3n) is 3.16. The topological polar surface area (TPSA) is 55.6 Å². The van der Waals surface area contributed by atoms with Gasteiger partial charge in [-0.3, -0.25) is 4.79 Å². The number of carbonyl (C=O) groups excluding carboxylic acids is 1. The Balaban J connectivity index is 2.07. The maximum absolute atomic E-state index is 12.3. The van der Waals surface area contributed by atoms with Crippen LogP contribution in [0.5, 0.6) is 0 Å². The minimum absolute atomic E-state index is 0.0248. The molecule has 0 aromatic heterocycles. The summed E-state index contributed by atoms with van der Waals surface area (Å²) in [4.78, 5) is 14.1. The molecule has 0 aliphatic carbocycles. The first-order chi connectivity index (χ1) is 8.58. The summed E-state index contributed by atoms with van der Waals surface area (Å²) < 4.78 is 5.62. The number of morpholine rings is 1. The molecule has 1 fully saturated rings. The molecule has 0 bridgehead atoms. The van der Waals surface area contributed by atoms with Gasteiger partial charge in [0.2, 0.25) is 5.91 Å². The normalized spacial score (nSPS) is 25.8. The van der Waals surface area contributed by atoms with Gasteiger partial charge in [0.25, 0.3) is 0 Å². The molecule has 0 spiro atoms. The van der Waals surface area contributed by atoms with Gasteiger partial charge in [0, 0.05) is 13.1 Å². The minimum atomic E-state index is -0.580. The van der Waals surface area contributed by atoms with Gasteiger partial charge >= 0.3 is 0 Å². The molecule has 4 heteroatoms. The molecule has 1 aliphatic heterocycles. The van der Waals surface area contributed by atoms with Crippen molar-refractivity contribution in [3.8, 4) is 0 Å². The number of hydrogen-bond acceptors (Lipinski definition) is 3. The van der Waals surface area contributed by atoms with Crippen LogP contribution in [-0.4, -0.2) is 36.1 Å². The van der Waals surface area contributed by atoms with E-state index in [9.17, 15) is 4.79 Å². The fraction of sp³-hybridized carbons (Fsp3) is 0.500. The molecular formula is C14H20N2O2. The lowest BCUT2D eigenvalue weighted by molar-refractivity contribution is -0.144. The van der Waals surface area contributed by atoms with Crippen molar-refractivity contribution in [2.75, 3.05) is 13.1 Å². The van der Waals surface area contributed by atoms with Gasteiger partial charge in [-0.15, -0.1) is 0 Å². The van der Waals surface area contributed by atoms with Crippen LogP contribution in [0.25, 0.3) is 0 Å². The molecule has 18 heavy (non-hydrogen) atoms. The lowest BCUT2D eigenvalue weighted by atomic mass is 10.1. The van der Waals surface area contributed by atoms with E-state index < -0.39 is 6.04 Å². The molecule has 2 rings (SSSR count). The third-order valence-corrected chi connectivity index (χ3v) is 3.16. The van der Waals surface area contributed by atoms with Gasteiger partial charge in [-0.1, -0.05) is 30.3 Å². The average molecular weight is 248 g/mol. The highest BCUT2D eigenvalue weighted by atomic mass is 16.5. The highest BCUT2D eigenvalue weighted by Gasteiger charge is 2.29. The number of nitrogens with zero attached hydrogens (tertiary/aromatic N) is 1. The standard InChI is InChI=1S/C14H20N2O2/c1-10-8-16(9-11(2)18-10)14(17)13(15)12-6-4-3-5-7-12/h3-7,10-11,13H,8-9,15H2,1-2H3/t10?,11?,13-/m1/s1. The molecule has 1 aliphatic rings. The van der Waals surface area contributed by atoms with Crippen molar-refractivity contribution >= 4 is 5.91 Å². The summed E-state index contributed by atoms with van der Waals surface area (Å²) in [6, 6.07) is 8.90. The van der Waals surface area contributed by atoms with Crippen LogP contribution in [-0.2, 0) is 9.53 Å². The van der Waals surface area contributed by atoms with Gasteiger partial charge in [-0.2, -0.15) is 0 Å². The van der Waals surface area contributed by atoms with Crippen LogP contribution in [0.1, 0.15) is 25.5 Å². The van der Waals surface area contributed by atoms with Crippen LogP contribution in [0.3, 0.4) is 0 Å². The van der Waals surface area contributed by atoms with E-state index in [1.807, 2.05) is 44.2 Å². The summed E-state index contributed by atoms with van der Waals surface area (Å²) in [5, 5.41) is 0. The van der Waals surface area contributed by atoms with Crippen LogP contribution in [0.15, 0.2) is 30.3 Å². The van der Waals surface area contributed by atoms with Gasteiger partial charge in [0.15, 0.2) is 0 Å². The van der Waals surface area contributed by atoms with E-state index in [1.54, 1.807) is 4.90 Å². The molecule has 1 aromatic carbocycles. The van der Waals surface area contributed by atoms with Crippen molar-refractivity contribution in [3.63, 3.8) is 0 Å². The zero-order valence-electron chi connectivity index (χ0n) is 10.9. The average Bonchev–Trinajstić information content (AvgIpc) is 2.37. The molecule has 2 unspecified atom stereocenters. The Labute approximate surface area is 108 Å². The van der Waals surface area contributed by atoms with Gasteiger partial charge in [0.1, 0.15) is 6.04 Å². The molecule has 1 amide bonds. The number of rotatable bonds is 2. The van der Waals surface area contributed by atoms with Gasteiger partial charge in [0.05, 0.1) is 12.2 Å². The summed E-state index contributed by atoms with van der Waals surface area (Å²) in [5.41, 5.74) is 6.88. The quantitative estimate of drug-likeness (QED) is 0.859. The van der Waals surface area contributed by atoms with E-state index in [2.05, 4.69) is 0 Å². The van der Waals surface area contributed by atoms with E-state index in [-0.39, 0.29) is 18.1 Å². The van der Waals surface area contributed by atoms with Crippen molar-refractivity contribution in [2.45, 2.75) is 32.1 Å². The van der Waals surface area contributed by atoms with Gasteiger partial charge < -0.3 is 15.4 Å². The van der Waals surface area contributed by atoms with Crippen molar-refractivity contribution < 1.29 is 9.53 Å². The summed E-state index contributed by atoms with van der Waals surface area (Å²) >= 11 is 0. The fourth-order valence-electron chi connectivity index (χ4n) is 2.36. The van der Waals surface area contributed by atoms with Crippen molar-refractivity contribution in [2.24, 2.45) is 5.73 Å². The molecule has 98 valence electrons. The summed E-state index contributed by atoms with van der Waals surface area (Å²) in [7, 11) is 0. The smallest absolute Gasteiger partial charge is 0.244 e. The molecule has 1 saturated heterocycles. The molecule has 4 nitrogen and oxygen atoms in total. The SMILES string of the molecule is CC1CN(C(=O)[C@H](N)c2ccccc2)CC(C)O1.